The molecule has 2 unspecified atom stereocenters. The van der Waals surface area contributed by atoms with Crippen molar-refractivity contribution in [2.45, 2.75) is 24.3 Å². The van der Waals surface area contributed by atoms with Gasteiger partial charge in [-0.05, 0) is 29.7 Å². The molecule has 0 fully saturated rings. The highest BCUT2D eigenvalue weighted by Crippen LogP contribution is 2.13. The van der Waals surface area contributed by atoms with Crippen molar-refractivity contribution < 1.29 is 24.3 Å². The van der Waals surface area contributed by atoms with Crippen LogP contribution in [0.4, 0.5) is 0 Å². The van der Waals surface area contributed by atoms with Crippen molar-refractivity contribution in [3.8, 4) is 5.75 Å². The van der Waals surface area contributed by atoms with E-state index in [1.54, 1.807) is 12.1 Å². The number of carbonyl (C=O) groups excluding carboxylic acids is 4. The first-order chi connectivity index (χ1) is 16.8. The summed E-state index contributed by atoms with van der Waals surface area (Å²) >= 11 is 1.51. The average Bonchev–Trinajstić information content (AvgIpc) is 2.86. The lowest BCUT2D eigenvalue weighted by atomic mass is 10.1. The van der Waals surface area contributed by atoms with E-state index in [4.69, 9.17) is 5.73 Å². The second-order valence-electron chi connectivity index (χ2n) is 7.71. The molecule has 0 aliphatic carbocycles. The summed E-state index contributed by atoms with van der Waals surface area (Å²) in [5, 5.41) is 19.3. The van der Waals surface area contributed by atoms with E-state index in [0.717, 1.165) is 11.1 Å². The molecule has 11 heteroatoms. The molecule has 0 aromatic heterocycles. The Morgan fingerprint density at radius 1 is 0.886 bits per heavy atom. The van der Waals surface area contributed by atoms with Crippen molar-refractivity contribution in [1.82, 2.24) is 21.3 Å². The maximum atomic E-state index is 12.2. The van der Waals surface area contributed by atoms with Crippen LogP contribution in [0.25, 0.3) is 0 Å². The second-order valence-corrected chi connectivity index (χ2v) is 8.74. The molecular weight excluding hydrogens is 470 g/mol. The zero-order chi connectivity index (χ0) is 25.6. The standard InChI is InChI=1S/C24H31N5O5S/c1-26-24(34)20(15-35-14-17-5-3-2-4-6-17)29-22(32)13-27-21(31)12-28-23(33)19(25)11-16-7-9-18(30)10-8-16/h2-10,19-20,30H,11-15,25H2,1H3,(H,26,34)(H,27,31)(H,28,33)(H,29,32). The Morgan fingerprint density at radius 2 is 1.54 bits per heavy atom. The minimum Gasteiger partial charge on any atom is -0.508 e. The van der Waals surface area contributed by atoms with Gasteiger partial charge in [-0.1, -0.05) is 42.5 Å². The molecule has 35 heavy (non-hydrogen) atoms. The summed E-state index contributed by atoms with van der Waals surface area (Å²) < 4.78 is 0. The van der Waals surface area contributed by atoms with E-state index in [2.05, 4.69) is 21.3 Å². The number of benzene rings is 2. The maximum Gasteiger partial charge on any atom is 0.243 e. The average molecular weight is 502 g/mol. The number of amides is 4. The molecule has 2 atom stereocenters. The molecule has 0 saturated heterocycles. The van der Waals surface area contributed by atoms with Crippen molar-refractivity contribution >= 4 is 35.4 Å². The van der Waals surface area contributed by atoms with Crippen LogP contribution >= 0.6 is 11.8 Å². The highest BCUT2D eigenvalue weighted by molar-refractivity contribution is 7.98. The second kappa shape index (κ2) is 14.6. The fourth-order valence-electron chi connectivity index (χ4n) is 2.99. The number of phenols is 1. The van der Waals surface area contributed by atoms with Crippen molar-refractivity contribution in [2.75, 3.05) is 25.9 Å². The highest BCUT2D eigenvalue weighted by Gasteiger charge is 2.20. The van der Waals surface area contributed by atoms with Crippen LogP contribution in [0.15, 0.2) is 54.6 Å². The summed E-state index contributed by atoms with van der Waals surface area (Å²) in [4.78, 5) is 48.5. The minimum absolute atomic E-state index is 0.111. The van der Waals surface area contributed by atoms with E-state index in [-0.39, 0.29) is 31.2 Å². The van der Waals surface area contributed by atoms with E-state index in [0.29, 0.717) is 11.5 Å². The van der Waals surface area contributed by atoms with Gasteiger partial charge in [0.05, 0.1) is 19.1 Å². The number of rotatable bonds is 13. The highest BCUT2D eigenvalue weighted by atomic mass is 32.2. The molecule has 0 heterocycles. The Labute approximate surface area is 208 Å². The molecule has 0 spiro atoms. The Bertz CT molecular complexity index is 988. The van der Waals surface area contributed by atoms with Gasteiger partial charge >= 0.3 is 0 Å². The van der Waals surface area contributed by atoms with Gasteiger partial charge in [0.15, 0.2) is 0 Å². The number of thioether (sulfide) groups is 1. The normalized spacial score (nSPS) is 12.2. The minimum atomic E-state index is -0.877. The molecule has 0 aliphatic rings. The van der Waals surface area contributed by atoms with Gasteiger partial charge in [0.2, 0.25) is 23.6 Å². The third-order valence-electron chi connectivity index (χ3n) is 4.89. The zero-order valence-electron chi connectivity index (χ0n) is 19.5. The molecule has 188 valence electrons. The molecule has 2 aromatic carbocycles. The first-order valence-corrected chi connectivity index (χ1v) is 12.1. The van der Waals surface area contributed by atoms with Crippen molar-refractivity contribution in [1.29, 1.82) is 0 Å². The van der Waals surface area contributed by atoms with E-state index < -0.39 is 29.8 Å². The van der Waals surface area contributed by atoms with Crippen LogP contribution in [-0.4, -0.2) is 66.7 Å². The van der Waals surface area contributed by atoms with Gasteiger partial charge in [-0.15, -0.1) is 0 Å². The van der Waals surface area contributed by atoms with E-state index >= 15 is 0 Å². The van der Waals surface area contributed by atoms with Crippen LogP contribution in [0.3, 0.4) is 0 Å². The van der Waals surface area contributed by atoms with Crippen LogP contribution < -0.4 is 27.0 Å². The molecule has 4 amide bonds. The third-order valence-corrected chi connectivity index (χ3v) is 6.00. The number of nitrogens with two attached hydrogens (primary N) is 1. The number of hydrogen-bond donors (Lipinski definition) is 6. The summed E-state index contributed by atoms with van der Waals surface area (Å²) in [6, 6.07) is 14.4. The van der Waals surface area contributed by atoms with Gasteiger partial charge in [-0.2, -0.15) is 11.8 Å². The molecule has 0 saturated carbocycles. The summed E-state index contributed by atoms with van der Waals surface area (Å²) in [6.07, 6.45) is 0.235. The molecule has 2 rings (SSSR count). The number of likely N-dealkylation sites (N-methyl/N-ethyl adjacent to an activating group) is 1. The van der Waals surface area contributed by atoms with Gasteiger partial charge in [0.25, 0.3) is 0 Å². The maximum absolute atomic E-state index is 12.2. The number of carbonyl (C=O) groups is 4. The van der Waals surface area contributed by atoms with Gasteiger partial charge in [0.1, 0.15) is 11.8 Å². The lowest BCUT2D eigenvalue weighted by Crippen LogP contribution is -2.51. The van der Waals surface area contributed by atoms with Gasteiger partial charge in [-0.25, -0.2) is 0 Å². The summed E-state index contributed by atoms with van der Waals surface area (Å²) in [5.74, 6) is -0.783. The number of aromatic hydroxyl groups is 1. The lowest BCUT2D eigenvalue weighted by Gasteiger charge is -2.17. The Hall–Kier alpha value is -3.57. The molecule has 0 aliphatic heterocycles. The number of hydrogen-bond acceptors (Lipinski definition) is 7. The fourth-order valence-corrected chi connectivity index (χ4v) is 4.01. The first-order valence-electron chi connectivity index (χ1n) is 11.0. The molecule has 10 nitrogen and oxygen atoms in total. The predicted molar refractivity (Wildman–Crippen MR) is 134 cm³/mol. The molecule has 7 N–H and O–H groups in total. The molecular formula is C24H31N5O5S. The Kier molecular flexibility index (Phi) is 11.6. The summed E-state index contributed by atoms with van der Waals surface area (Å²) in [7, 11) is 1.49. The molecule has 0 radical (unpaired) electrons. The van der Waals surface area contributed by atoms with E-state index in [1.807, 2.05) is 30.3 Å². The topological polar surface area (TPSA) is 163 Å². The zero-order valence-corrected chi connectivity index (χ0v) is 20.3. The lowest BCUT2D eigenvalue weighted by molar-refractivity contribution is -0.129. The first kappa shape index (κ1) is 27.7. The van der Waals surface area contributed by atoms with Crippen LogP contribution in [0.2, 0.25) is 0 Å². The van der Waals surface area contributed by atoms with Gasteiger partial charge < -0.3 is 32.1 Å². The van der Waals surface area contributed by atoms with Crippen molar-refractivity contribution in [3.05, 3.63) is 65.7 Å². The van der Waals surface area contributed by atoms with Crippen LogP contribution in [-0.2, 0) is 31.4 Å². The van der Waals surface area contributed by atoms with Crippen LogP contribution in [0.1, 0.15) is 11.1 Å². The Morgan fingerprint density at radius 3 is 2.20 bits per heavy atom. The quantitative estimate of drug-likeness (QED) is 0.219. The Balaban J connectivity index is 1.70. The van der Waals surface area contributed by atoms with Crippen molar-refractivity contribution in [2.24, 2.45) is 5.73 Å². The van der Waals surface area contributed by atoms with Gasteiger partial charge in [0, 0.05) is 18.6 Å². The summed E-state index contributed by atoms with van der Waals surface area (Å²) in [5.41, 5.74) is 7.73. The van der Waals surface area contributed by atoms with Crippen LogP contribution in [0.5, 0.6) is 5.75 Å². The number of phenolic OH excluding ortho intramolecular Hbond substituents is 1. The largest absolute Gasteiger partial charge is 0.508 e. The van der Waals surface area contributed by atoms with Crippen molar-refractivity contribution in [3.63, 3.8) is 0 Å². The predicted octanol–water partition coefficient (Wildman–Crippen LogP) is -0.341. The monoisotopic (exact) mass is 501 g/mol. The number of nitrogens with one attached hydrogen (secondary N) is 4. The SMILES string of the molecule is CNC(=O)C(CSCc1ccccc1)NC(=O)CNC(=O)CNC(=O)C(N)Cc1ccc(O)cc1. The van der Waals surface area contributed by atoms with Crippen LogP contribution in [0, 0.1) is 0 Å². The smallest absolute Gasteiger partial charge is 0.243 e. The van der Waals surface area contributed by atoms with E-state index in [1.165, 1.54) is 30.9 Å². The molecule has 0 bridgehead atoms. The summed E-state index contributed by atoms with van der Waals surface area (Å²) in [6.45, 7) is -0.688. The fraction of sp³-hybridized carbons (Fsp3) is 0.333. The van der Waals surface area contributed by atoms with Gasteiger partial charge in [-0.3, -0.25) is 19.2 Å². The third kappa shape index (κ3) is 10.5. The van der Waals surface area contributed by atoms with E-state index in [9.17, 15) is 24.3 Å². The molecule has 2 aromatic rings.